The molecule has 0 spiro atoms. The van der Waals surface area contributed by atoms with Crippen molar-refractivity contribution in [2.45, 2.75) is 44.1 Å². The summed E-state index contributed by atoms with van der Waals surface area (Å²) in [5, 5.41) is 5.94. The molecule has 0 bridgehead atoms. The van der Waals surface area contributed by atoms with Gasteiger partial charge in [0.1, 0.15) is 0 Å². The van der Waals surface area contributed by atoms with Crippen LogP contribution in [-0.4, -0.2) is 32.2 Å². The molecule has 0 radical (unpaired) electrons. The first-order chi connectivity index (χ1) is 10.7. The summed E-state index contributed by atoms with van der Waals surface area (Å²) in [4.78, 5) is 11.9. The number of anilines is 1. The smallest absolute Gasteiger partial charge is 0.238 e. The van der Waals surface area contributed by atoms with E-state index in [1.165, 1.54) is 12.8 Å². The first-order valence-corrected chi connectivity index (χ1v) is 9.64. The summed E-state index contributed by atoms with van der Waals surface area (Å²) in [6.45, 7) is 6.25. The molecule has 6 heteroatoms. The maximum atomic E-state index is 12.3. The molecule has 23 heavy (non-hydrogen) atoms. The largest absolute Gasteiger partial charge is 0.325 e. The monoisotopic (exact) mass is 338 g/mol. The average Bonchev–Trinajstić information content (AvgIpc) is 3.21. The van der Waals surface area contributed by atoms with Gasteiger partial charge < -0.3 is 10.6 Å². The predicted molar refractivity (Wildman–Crippen MR) is 93.0 cm³/mol. The zero-order valence-electron chi connectivity index (χ0n) is 14.1. The minimum atomic E-state index is -3.24. The summed E-state index contributed by atoms with van der Waals surface area (Å²) in [5.74, 6) is 0.593. The van der Waals surface area contributed by atoms with Crippen molar-refractivity contribution >= 4 is 21.4 Å². The van der Waals surface area contributed by atoms with Crippen LogP contribution >= 0.6 is 0 Å². The summed E-state index contributed by atoms with van der Waals surface area (Å²) in [7, 11) is -3.24. The Bertz CT molecular complexity index is 659. The summed E-state index contributed by atoms with van der Waals surface area (Å²) in [5.41, 5.74) is 1.31. The van der Waals surface area contributed by atoms with Crippen LogP contribution in [-0.2, 0) is 20.4 Å². The molecule has 2 rings (SSSR count). The normalized spacial score (nSPS) is 15.4. The number of rotatable bonds is 7. The summed E-state index contributed by atoms with van der Waals surface area (Å²) >= 11 is 0. The van der Waals surface area contributed by atoms with Crippen molar-refractivity contribution < 1.29 is 13.2 Å². The van der Waals surface area contributed by atoms with E-state index >= 15 is 0 Å². The van der Waals surface area contributed by atoms with Gasteiger partial charge in [0, 0.05) is 5.69 Å². The lowest BCUT2D eigenvalue weighted by Gasteiger charge is -2.19. The molecule has 1 aliphatic carbocycles. The third-order valence-electron chi connectivity index (χ3n) is 3.92. The zero-order valence-corrected chi connectivity index (χ0v) is 14.9. The lowest BCUT2D eigenvalue weighted by molar-refractivity contribution is -0.115. The first-order valence-electron chi connectivity index (χ1n) is 7.99. The van der Waals surface area contributed by atoms with Gasteiger partial charge in [0.15, 0.2) is 9.84 Å². The lowest BCUT2D eigenvalue weighted by atomic mass is 10.2. The number of benzene rings is 1. The van der Waals surface area contributed by atoms with Gasteiger partial charge >= 0.3 is 0 Å². The highest BCUT2D eigenvalue weighted by atomic mass is 32.2. The highest BCUT2D eigenvalue weighted by Crippen LogP contribution is 2.27. The van der Waals surface area contributed by atoms with Crippen LogP contribution in [0.25, 0.3) is 0 Å². The maximum Gasteiger partial charge on any atom is 0.238 e. The highest BCUT2D eigenvalue weighted by Gasteiger charge is 2.29. The minimum absolute atomic E-state index is 0.0276. The van der Waals surface area contributed by atoms with Crippen molar-refractivity contribution in [3.05, 3.63) is 29.8 Å². The van der Waals surface area contributed by atoms with Crippen molar-refractivity contribution in [3.63, 3.8) is 0 Å². The number of hydrogen-bond donors (Lipinski definition) is 2. The molecule has 1 aliphatic rings. The molecule has 128 valence electrons. The van der Waals surface area contributed by atoms with Crippen LogP contribution in [0, 0.1) is 5.92 Å². The van der Waals surface area contributed by atoms with E-state index in [4.69, 9.17) is 0 Å². The third-order valence-corrected chi connectivity index (χ3v) is 6.50. The highest BCUT2D eigenvalue weighted by molar-refractivity contribution is 7.91. The third kappa shape index (κ3) is 5.62. The van der Waals surface area contributed by atoms with Gasteiger partial charge in [0.05, 0.1) is 17.0 Å². The van der Waals surface area contributed by atoms with Gasteiger partial charge in [0.25, 0.3) is 0 Å². The second-order valence-electron chi connectivity index (χ2n) is 7.19. The van der Waals surface area contributed by atoms with Crippen LogP contribution in [0.4, 0.5) is 5.69 Å². The van der Waals surface area contributed by atoms with Crippen LogP contribution < -0.4 is 10.6 Å². The van der Waals surface area contributed by atoms with Crippen LogP contribution in [0.1, 0.15) is 39.2 Å². The van der Waals surface area contributed by atoms with E-state index < -0.39 is 14.6 Å². The fraction of sp³-hybridized carbons (Fsp3) is 0.588. The van der Waals surface area contributed by atoms with Crippen molar-refractivity contribution in [2.75, 3.05) is 18.4 Å². The van der Waals surface area contributed by atoms with E-state index in [0.29, 0.717) is 11.3 Å². The maximum absolute atomic E-state index is 12.3. The Morgan fingerprint density at radius 1 is 1.26 bits per heavy atom. The zero-order chi connectivity index (χ0) is 17.1. The van der Waals surface area contributed by atoms with Crippen molar-refractivity contribution in [3.8, 4) is 0 Å². The topological polar surface area (TPSA) is 75.3 Å². The van der Waals surface area contributed by atoms with Gasteiger partial charge in [-0.2, -0.15) is 0 Å². The fourth-order valence-corrected chi connectivity index (χ4v) is 3.14. The Balaban J connectivity index is 1.92. The number of nitrogens with one attached hydrogen (secondary N) is 2. The van der Waals surface area contributed by atoms with E-state index in [0.717, 1.165) is 12.5 Å². The lowest BCUT2D eigenvalue weighted by Crippen LogP contribution is -2.30. The number of carbonyl (C=O) groups excluding carboxylic acids is 1. The van der Waals surface area contributed by atoms with Crippen molar-refractivity contribution in [1.29, 1.82) is 0 Å². The molecule has 0 unspecified atom stereocenters. The van der Waals surface area contributed by atoms with Crippen LogP contribution in [0.15, 0.2) is 24.3 Å². The molecule has 1 fully saturated rings. The van der Waals surface area contributed by atoms with E-state index in [2.05, 4.69) is 10.6 Å². The van der Waals surface area contributed by atoms with Crippen LogP contribution in [0.3, 0.4) is 0 Å². The number of carbonyl (C=O) groups is 1. The summed E-state index contributed by atoms with van der Waals surface area (Å²) < 4.78 is 23.7. The minimum Gasteiger partial charge on any atom is -0.325 e. The Kier molecular flexibility index (Phi) is 5.47. The van der Waals surface area contributed by atoms with Gasteiger partial charge in [0.2, 0.25) is 5.91 Å². The van der Waals surface area contributed by atoms with Gasteiger partial charge in [-0.05, 0) is 63.8 Å². The SMILES string of the molecule is CC(C)(C)S(=O)(=O)Cc1cccc(NC(=O)CNCC2CC2)c1. The second kappa shape index (κ2) is 7.01. The van der Waals surface area contributed by atoms with Gasteiger partial charge in [-0.3, -0.25) is 4.79 Å². The van der Waals surface area contributed by atoms with E-state index in [-0.39, 0.29) is 18.2 Å². The molecule has 0 saturated heterocycles. The van der Waals surface area contributed by atoms with E-state index in [1.807, 2.05) is 0 Å². The van der Waals surface area contributed by atoms with Crippen molar-refractivity contribution in [2.24, 2.45) is 5.92 Å². The molecule has 0 atom stereocenters. The summed E-state index contributed by atoms with van der Waals surface area (Å²) in [6.07, 6.45) is 2.50. The molecule has 1 aromatic rings. The Hall–Kier alpha value is -1.40. The van der Waals surface area contributed by atoms with Gasteiger partial charge in [-0.1, -0.05) is 12.1 Å². The van der Waals surface area contributed by atoms with Crippen LogP contribution in [0.2, 0.25) is 0 Å². The Morgan fingerprint density at radius 2 is 1.96 bits per heavy atom. The summed E-state index contributed by atoms with van der Waals surface area (Å²) in [6, 6.07) is 7.03. The molecule has 0 aromatic heterocycles. The Morgan fingerprint density at radius 3 is 2.57 bits per heavy atom. The van der Waals surface area contributed by atoms with E-state index in [1.54, 1.807) is 45.0 Å². The molecule has 1 amide bonds. The van der Waals surface area contributed by atoms with Crippen molar-refractivity contribution in [1.82, 2.24) is 5.32 Å². The molecule has 1 aromatic carbocycles. The molecule has 0 aliphatic heterocycles. The van der Waals surface area contributed by atoms with Gasteiger partial charge in [-0.15, -0.1) is 0 Å². The number of sulfone groups is 1. The van der Waals surface area contributed by atoms with E-state index in [9.17, 15) is 13.2 Å². The molecule has 5 nitrogen and oxygen atoms in total. The average molecular weight is 338 g/mol. The predicted octanol–water partition coefficient (Wildman–Crippen LogP) is 2.34. The molecule has 2 N–H and O–H groups in total. The fourth-order valence-electron chi connectivity index (χ4n) is 2.09. The Labute approximate surface area is 138 Å². The van der Waals surface area contributed by atoms with Crippen LogP contribution in [0.5, 0.6) is 0 Å². The number of hydrogen-bond acceptors (Lipinski definition) is 4. The quantitative estimate of drug-likeness (QED) is 0.800. The molecular formula is C17H26N2O3S. The van der Waals surface area contributed by atoms with Gasteiger partial charge in [-0.25, -0.2) is 8.42 Å². The molecular weight excluding hydrogens is 312 g/mol. The first kappa shape index (κ1) is 17.9. The second-order valence-corrected chi connectivity index (χ2v) is 9.94. The standard InChI is InChI=1S/C17H26N2O3S/c1-17(2,3)23(21,22)12-14-5-4-6-15(9-14)19-16(20)11-18-10-13-7-8-13/h4-6,9,13,18H,7-8,10-12H2,1-3H3,(H,19,20). The molecule has 1 saturated carbocycles. The molecule has 0 heterocycles. The number of amides is 1.